The lowest BCUT2D eigenvalue weighted by Gasteiger charge is -2.14. The van der Waals surface area contributed by atoms with Gasteiger partial charge in [-0.15, -0.1) is 0 Å². The molecule has 1 aromatic heterocycles. The predicted molar refractivity (Wildman–Crippen MR) is 135 cm³/mol. The third-order valence-corrected chi connectivity index (χ3v) is 6.34. The molecule has 5 nitrogen and oxygen atoms in total. The van der Waals surface area contributed by atoms with Crippen LogP contribution in [0.5, 0.6) is 0 Å². The van der Waals surface area contributed by atoms with Crippen molar-refractivity contribution < 1.29 is 9.18 Å². The zero-order valence-electron chi connectivity index (χ0n) is 19.3. The molecule has 0 saturated carbocycles. The van der Waals surface area contributed by atoms with Gasteiger partial charge in [-0.2, -0.15) is 0 Å². The highest BCUT2D eigenvalue weighted by Gasteiger charge is 2.16. The van der Waals surface area contributed by atoms with Gasteiger partial charge >= 0.3 is 0 Å². The van der Waals surface area contributed by atoms with Gasteiger partial charge in [-0.1, -0.05) is 61.5 Å². The number of halogens is 1. The smallest absolute Gasteiger partial charge is 0.266 e. The number of amides is 1. The number of fused-ring (bicyclic) bond motifs is 1. The van der Waals surface area contributed by atoms with Gasteiger partial charge < -0.3 is 5.32 Å². The molecule has 0 bridgehead atoms. The summed E-state index contributed by atoms with van der Waals surface area (Å²) in [6.45, 7) is 6.63. The van der Waals surface area contributed by atoms with Gasteiger partial charge in [0.1, 0.15) is 5.82 Å². The highest BCUT2D eigenvalue weighted by atomic mass is 32.2. The molecule has 7 heteroatoms. The minimum atomic E-state index is -0.434. The number of hydrogen-bond acceptors (Lipinski definition) is 4. The molecule has 0 aliphatic rings. The predicted octanol–water partition coefficient (Wildman–Crippen LogP) is 5.51. The number of nitrogens with zero attached hydrogens (tertiary/aromatic N) is 2. The minimum Gasteiger partial charge on any atom is -0.352 e. The molecule has 1 heterocycles. The quantitative estimate of drug-likeness (QED) is 0.283. The normalized spacial score (nSPS) is 11.2. The molecule has 174 valence electrons. The van der Waals surface area contributed by atoms with Crippen LogP contribution in [0.3, 0.4) is 0 Å². The van der Waals surface area contributed by atoms with Gasteiger partial charge in [-0.3, -0.25) is 14.2 Å². The first-order valence-corrected chi connectivity index (χ1v) is 12.1. The minimum absolute atomic E-state index is 0.208. The van der Waals surface area contributed by atoms with Crippen LogP contribution in [-0.2, 0) is 5.75 Å². The van der Waals surface area contributed by atoms with Crippen molar-refractivity contribution in [2.45, 2.75) is 31.7 Å². The van der Waals surface area contributed by atoms with E-state index in [9.17, 15) is 14.0 Å². The van der Waals surface area contributed by atoms with Gasteiger partial charge in [0.2, 0.25) is 0 Å². The molecule has 0 atom stereocenters. The summed E-state index contributed by atoms with van der Waals surface area (Å²) in [4.78, 5) is 30.8. The Morgan fingerprint density at radius 2 is 1.85 bits per heavy atom. The van der Waals surface area contributed by atoms with Crippen molar-refractivity contribution in [2.24, 2.45) is 5.92 Å². The standard InChI is InChI=1S/C27H26FN3O2S/c1-17(2)15-29-25(32)20-11-12-23-24(13-20)30-27(34-16-19-9-7-18(3)8-10-19)31(26(23)33)22-6-4-5-21(28)14-22/h4-14,17H,15-16H2,1-3H3,(H,29,32). The Balaban J connectivity index is 1.79. The first kappa shape index (κ1) is 23.7. The van der Waals surface area contributed by atoms with E-state index in [0.717, 1.165) is 11.1 Å². The lowest BCUT2D eigenvalue weighted by molar-refractivity contribution is 0.0949. The van der Waals surface area contributed by atoms with Gasteiger partial charge in [0.25, 0.3) is 11.5 Å². The zero-order chi connectivity index (χ0) is 24.2. The highest BCUT2D eigenvalue weighted by molar-refractivity contribution is 7.98. The molecule has 1 N–H and O–H groups in total. The lowest BCUT2D eigenvalue weighted by atomic mass is 10.1. The van der Waals surface area contributed by atoms with Gasteiger partial charge in [0.15, 0.2) is 5.16 Å². The summed E-state index contributed by atoms with van der Waals surface area (Å²) in [5.41, 5.74) is 3.22. The van der Waals surface area contributed by atoms with Crippen LogP contribution in [0.2, 0.25) is 0 Å². The fourth-order valence-electron chi connectivity index (χ4n) is 3.48. The first-order valence-electron chi connectivity index (χ1n) is 11.1. The maximum atomic E-state index is 14.0. The summed E-state index contributed by atoms with van der Waals surface area (Å²) < 4.78 is 15.4. The Morgan fingerprint density at radius 3 is 2.56 bits per heavy atom. The van der Waals surface area contributed by atoms with E-state index in [0.29, 0.717) is 45.5 Å². The van der Waals surface area contributed by atoms with Crippen LogP contribution < -0.4 is 10.9 Å². The van der Waals surface area contributed by atoms with Crippen LogP contribution in [0.4, 0.5) is 4.39 Å². The molecule has 4 rings (SSSR count). The third kappa shape index (κ3) is 5.37. The highest BCUT2D eigenvalue weighted by Crippen LogP contribution is 2.25. The van der Waals surface area contributed by atoms with E-state index in [1.165, 1.54) is 28.5 Å². The monoisotopic (exact) mass is 475 g/mol. The molecule has 0 fully saturated rings. The fourth-order valence-corrected chi connectivity index (χ4v) is 4.45. The zero-order valence-corrected chi connectivity index (χ0v) is 20.2. The van der Waals surface area contributed by atoms with E-state index in [2.05, 4.69) is 5.32 Å². The number of aromatic nitrogens is 2. The molecule has 34 heavy (non-hydrogen) atoms. The first-order chi connectivity index (χ1) is 16.3. The summed E-state index contributed by atoms with van der Waals surface area (Å²) in [6.07, 6.45) is 0. The second-order valence-electron chi connectivity index (χ2n) is 8.62. The summed E-state index contributed by atoms with van der Waals surface area (Å²) in [5.74, 6) is 0.268. The number of thioether (sulfide) groups is 1. The Bertz CT molecular complexity index is 1400. The SMILES string of the molecule is Cc1ccc(CSc2nc3cc(C(=O)NCC(C)C)ccc3c(=O)n2-c2cccc(F)c2)cc1. The van der Waals surface area contributed by atoms with Crippen LogP contribution in [0.15, 0.2) is 76.7 Å². The molecular formula is C27H26FN3O2S. The Labute approximate surface area is 202 Å². The molecule has 0 aliphatic heterocycles. The van der Waals surface area contributed by atoms with E-state index >= 15 is 0 Å². The van der Waals surface area contributed by atoms with Crippen molar-refractivity contribution >= 4 is 28.6 Å². The van der Waals surface area contributed by atoms with Crippen molar-refractivity contribution in [1.82, 2.24) is 14.9 Å². The van der Waals surface area contributed by atoms with Gasteiger partial charge in [0, 0.05) is 17.9 Å². The number of hydrogen-bond donors (Lipinski definition) is 1. The molecule has 0 aliphatic carbocycles. The molecular weight excluding hydrogens is 449 g/mol. The summed E-state index contributed by atoms with van der Waals surface area (Å²) in [6, 6.07) is 18.9. The number of aryl methyl sites for hydroxylation is 1. The van der Waals surface area contributed by atoms with Gasteiger partial charge in [-0.05, 0) is 54.8 Å². The van der Waals surface area contributed by atoms with Gasteiger partial charge in [0.05, 0.1) is 16.6 Å². The molecule has 3 aromatic carbocycles. The maximum absolute atomic E-state index is 14.0. The van der Waals surface area contributed by atoms with Crippen molar-refractivity contribution in [3.8, 4) is 5.69 Å². The number of benzene rings is 3. The Kier molecular flexibility index (Phi) is 7.12. The average molecular weight is 476 g/mol. The molecule has 0 spiro atoms. The number of nitrogens with one attached hydrogen (secondary N) is 1. The largest absolute Gasteiger partial charge is 0.352 e. The molecule has 4 aromatic rings. The van der Waals surface area contributed by atoms with Crippen molar-refractivity contribution in [1.29, 1.82) is 0 Å². The topological polar surface area (TPSA) is 64.0 Å². The van der Waals surface area contributed by atoms with Crippen LogP contribution in [-0.4, -0.2) is 22.0 Å². The fraction of sp³-hybridized carbons (Fsp3) is 0.222. The molecule has 1 amide bonds. The van der Waals surface area contributed by atoms with E-state index in [4.69, 9.17) is 4.98 Å². The molecule has 0 unspecified atom stereocenters. The van der Waals surface area contributed by atoms with Crippen LogP contribution >= 0.6 is 11.8 Å². The van der Waals surface area contributed by atoms with Crippen LogP contribution in [0.25, 0.3) is 16.6 Å². The number of carbonyl (C=O) groups is 1. The third-order valence-electron chi connectivity index (χ3n) is 5.33. The average Bonchev–Trinajstić information content (AvgIpc) is 2.82. The van der Waals surface area contributed by atoms with E-state index in [-0.39, 0.29) is 11.5 Å². The van der Waals surface area contributed by atoms with Crippen LogP contribution in [0.1, 0.15) is 35.3 Å². The number of rotatable bonds is 7. The maximum Gasteiger partial charge on any atom is 0.266 e. The van der Waals surface area contributed by atoms with E-state index < -0.39 is 5.82 Å². The van der Waals surface area contributed by atoms with E-state index in [1.54, 1.807) is 30.3 Å². The Morgan fingerprint density at radius 1 is 1.09 bits per heavy atom. The second kappa shape index (κ2) is 10.2. The summed E-state index contributed by atoms with van der Waals surface area (Å²) >= 11 is 1.39. The summed E-state index contributed by atoms with van der Waals surface area (Å²) in [5, 5.41) is 3.69. The number of carbonyl (C=O) groups excluding carboxylic acids is 1. The lowest BCUT2D eigenvalue weighted by Crippen LogP contribution is -2.27. The van der Waals surface area contributed by atoms with Crippen molar-refractivity contribution in [3.63, 3.8) is 0 Å². The molecule has 0 saturated heterocycles. The van der Waals surface area contributed by atoms with Crippen molar-refractivity contribution in [3.05, 3.63) is 99.6 Å². The van der Waals surface area contributed by atoms with Crippen LogP contribution in [0, 0.1) is 18.7 Å². The van der Waals surface area contributed by atoms with Gasteiger partial charge in [-0.25, -0.2) is 9.37 Å². The second-order valence-corrected chi connectivity index (χ2v) is 9.57. The molecule has 0 radical (unpaired) electrons. The van der Waals surface area contributed by atoms with Crippen molar-refractivity contribution in [2.75, 3.05) is 6.54 Å². The van der Waals surface area contributed by atoms with E-state index in [1.807, 2.05) is 45.0 Å². The Hall–Kier alpha value is -3.45. The summed E-state index contributed by atoms with van der Waals surface area (Å²) in [7, 11) is 0.